The van der Waals surface area contributed by atoms with Gasteiger partial charge in [0.2, 0.25) is 5.91 Å². The van der Waals surface area contributed by atoms with Gasteiger partial charge in [-0.1, -0.05) is 23.2 Å². The summed E-state index contributed by atoms with van der Waals surface area (Å²) in [4.78, 5) is 34.1. The van der Waals surface area contributed by atoms with Crippen LogP contribution in [0.5, 0.6) is 5.75 Å². The minimum atomic E-state index is -1.27. The summed E-state index contributed by atoms with van der Waals surface area (Å²) in [7, 11) is 0. The lowest BCUT2D eigenvalue weighted by Crippen LogP contribution is -2.43. The molecule has 0 bridgehead atoms. The molecule has 1 aromatic carbocycles. The van der Waals surface area contributed by atoms with Crippen molar-refractivity contribution in [2.24, 2.45) is 5.73 Å². The lowest BCUT2D eigenvalue weighted by atomic mass is 10.3. The van der Waals surface area contributed by atoms with Gasteiger partial charge in [-0.05, 0) is 18.2 Å². The van der Waals surface area contributed by atoms with Gasteiger partial charge >= 0.3 is 5.97 Å². The monoisotopic (exact) mass is 334 g/mol. The zero-order chi connectivity index (χ0) is 16.0. The largest absolute Gasteiger partial charge is 0.482 e. The van der Waals surface area contributed by atoms with E-state index in [1.54, 1.807) is 0 Å². The molecule has 9 heteroatoms. The van der Waals surface area contributed by atoms with Crippen molar-refractivity contribution in [2.75, 3.05) is 19.7 Å². The molecule has 0 saturated carbocycles. The number of amides is 2. The first-order valence-corrected chi connectivity index (χ1v) is 6.41. The summed E-state index contributed by atoms with van der Waals surface area (Å²) in [6.07, 6.45) is 0. The SMILES string of the molecule is NC(=O)CN(CC(=O)O)C(=O)COc1ccc(Cl)cc1Cl. The molecule has 0 heterocycles. The molecule has 0 aliphatic rings. The van der Waals surface area contributed by atoms with Crippen LogP contribution in [0.2, 0.25) is 10.0 Å². The van der Waals surface area contributed by atoms with Crippen LogP contribution in [-0.4, -0.2) is 47.5 Å². The lowest BCUT2D eigenvalue weighted by molar-refractivity contribution is -0.146. The second-order valence-electron chi connectivity index (χ2n) is 3.97. The number of nitrogens with zero attached hydrogens (tertiary/aromatic N) is 1. The minimum Gasteiger partial charge on any atom is -0.482 e. The maximum atomic E-state index is 11.8. The molecule has 1 aromatic rings. The summed E-state index contributed by atoms with van der Waals surface area (Å²) in [5.74, 6) is -2.59. The van der Waals surface area contributed by atoms with Gasteiger partial charge in [0.1, 0.15) is 18.8 Å². The Labute approximate surface area is 130 Å². The number of carbonyl (C=O) groups excluding carboxylic acids is 2. The van der Waals surface area contributed by atoms with E-state index < -0.39 is 37.5 Å². The third-order valence-corrected chi connectivity index (χ3v) is 2.80. The van der Waals surface area contributed by atoms with Crippen LogP contribution in [0.4, 0.5) is 0 Å². The maximum absolute atomic E-state index is 11.8. The highest BCUT2D eigenvalue weighted by Crippen LogP contribution is 2.27. The second-order valence-corrected chi connectivity index (χ2v) is 4.82. The number of nitrogens with two attached hydrogens (primary N) is 1. The average molecular weight is 335 g/mol. The predicted molar refractivity (Wildman–Crippen MR) is 75.4 cm³/mol. The van der Waals surface area contributed by atoms with Crippen LogP contribution in [0.25, 0.3) is 0 Å². The van der Waals surface area contributed by atoms with Crippen LogP contribution in [0.15, 0.2) is 18.2 Å². The van der Waals surface area contributed by atoms with Gasteiger partial charge in [-0.25, -0.2) is 0 Å². The summed E-state index contributed by atoms with van der Waals surface area (Å²) < 4.78 is 5.17. The Kier molecular flexibility index (Phi) is 6.26. The highest BCUT2D eigenvalue weighted by atomic mass is 35.5. The van der Waals surface area contributed by atoms with Gasteiger partial charge in [-0.15, -0.1) is 0 Å². The molecule has 0 aliphatic carbocycles. The highest BCUT2D eigenvalue weighted by Gasteiger charge is 2.19. The number of primary amides is 1. The molecule has 3 N–H and O–H groups in total. The van der Waals surface area contributed by atoms with Crippen LogP contribution < -0.4 is 10.5 Å². The molecule has 114 valence electrons. The number of carboxylic acid groups (broad SMARTS) is 1. The molecule has 0 aliphatic heterocycles. The molecule has 0 unspecified atom stereocenters. The highest BCUT2D eigenvalue weighted by molar-refractivity contribution is 6.35. The second kappa shape index (κ2) is 7.70. The molecular formula is C12H12Cl2N2O5. The van der Waals surface area contributed by atoms with Crippen molar-refractivity contribution >= 4 is 41.0 Å². The van der Waals surface area contributed by atoms with Crippen molar-refractivity contribution in [1.82, 2.24) is 4.90 Å². The molecule has 0 fully saturated rings. The molecule has 21 heavy (non-hydrogen) atoms. The molecule has 2 amide bonds. The van der Waals surface area contributed by atoms with Gasteiger partial charge in [0.05, 0.1) is 5.02 Å². The van der Waals surface area contributed by atoms with Gasteiger partial charge in [0.15, 0.2) is 6.61 Å². The number of hydrogen-bond acceptors (Lipinski definition) is 4. The van der Waals surface area contributed by atoms with Gasteiger partial charge in [-0.3, -0.25) is 14.4 Å². The Hall–Kier alpha value is -1.99. The standard InChI is InChI=1S/C12H12Cl2N2O5/c13-7-1-2-9(8(14)3-7)21-6-11(18)16(4-10(15)17)5-12(19)20/h1-3H,4-6H2,(H2,15,17)(H,19,20). The first-order chi connectivity index (χ1) is 9.79. The molecule has 0 saturated heterocycles. The summed E-state index contributed by atoms with van der Waals surface area (Å²) in [6.45, 7) is -1.65. The fourth-order valence-corrected chi connectivity index (χ4v) is 1.87. The fourth-order valence-electron chi connectivity index (χ4n) is 1.41. The zero-order valence-electron chi connectivity index (χ0n) is 10.7. The quantitative estimate of drug-likeness (QED) is 0.765. The maximum Gasteiger partial charge on any atom is 0.323 e. The summed E-state index contributed by atoms with van der Waals surface area (Å²) in [5, 5.41) is 9.29. The first-order valence-electron chi connectivity index (χ1n) is 5.65. The van der Waals surface area contributed by atoms with E-state index in [4.69, 9.17) is 38.8 Å². The minimum absolute atomic E-state index is 0.204. The number of hydrogen-bond donors (Lipinski definition) is 2. The van der Waals surface area contributed by atoms with E-state index in [-0.39, 0.29) is 10.8 Å². The number of halogens is 2. The van der Waals surface area contributed by atoms with Crippen LogP contribution in [-0.2, 0) is 14.4 Å². The fraction of sp³-hybridized carbons (Fsp3) is 0.250. The van der Waals surface area contributed by atoms with Crippen molar-refractivity contribution in [3.05, 3.63) is 28.2 Å². The van der Waals surface area contributed by atoms with Crippen molar-refractivity contribution in [2.45, 2.75) is 0 Å². The number of carbonyl (C=O) groups is 3. The van der Waals surface area contributed by atoms with Crippen molar-refractivity contribution in [3.63, 3.8) is 0 Å². The molecule has 0 radical (unpaired) electrons. The van der Waals surface area contributed by atoms with Crippen LogP contribution >= 0.6 is 23.2 Å². The summed E-state index contributed by atoms with van der Waals surface area (Å²) in [5.41, 5.74) is 4.95. The third kappa shape index (κ3) is 5.88. The lowest BCUT2D eigenvalue weighted by Gasteiger charge is -2.19. The van der Waals surface area contributed by atoms with Gasteiger partial charge in [0.25, 0.3) is 5.91 Å². The van der Waals surface area contributed by atoms with Crippen molar-refractivity contribution < 1.29 is 24.2 Å². The van der Waals surface area contributed by atoms with Gasteiger partial charge < -0.3 is 20.5 Å². The summed E-state index contributed by atoms with van der Waals surface area (Å²) in [6, 6.07) is 4.42. The molecule has 0 spiro atoms. The number of carboxylic acids is 1. The number of aliphatic carboxylic acids is 1. The first kappa shape index (κ1) is 17.1. The number of benzene rings is 1. The topological polar surface area (TPSA) is 110 Å². The number of ether oxygens (including phenoxy) is 1. The normalized spacial score (nSPS) is 10.0. The zero-order valence-corrected chi connectivity index (χ0v) is 12.2. The van der Waals surface area contributed by atoms with E-state index in [1.807, 2.05) is 0 Å². The molecule has 7 nitrogen and oxygen atoms in total. The van der Waals surface area contributed by atoms with Crippen molar-refractivity contribution in [1.29, 1.82) is 0 Å². The summed E-state index contributed by atoms with van der Waals surface area (Å²) >= 11 is 11.6. The average Bonchev–Trinajstić information content (AvgIpc) is 2.35. The predicted octanol–water partition coefficient (Wildman–Crippen LogP) is 0.771. The Bertz CT molecular complexity index is 549. The Balaban J connectivity index is 2.68. The van der Waals surface area contributed by atoms with Crippen LogP contribution in [0.3, 0.4) is 0 Å². The number of rotatable bonds is 7. The van der Waals surface area contributed by atoms with E-state index in [9.17, 15) is 14.4 Å². The van der Waals surface area contributed by atoms with Gasteiger partial charge in [-0.2, -0.15) is 0 Å². The smallest absolute Gasteiger partial charge is 0.323 e. The van der Waals surface area contributed by atoms with E-state index in [0.717, 1.165) is 4.90 Å². The molecule has 1 rings (SSSR count). The van der Waals surface area contributed by atoms with E-state index in [1.165, 1.54) is 18.2 Å². The van der Waals surface area contributed by atoms with Gasteiger partial charge in [0, 0.05) is 5.02 Å². The van der Waals surface area contributed by atoms with E-state index in [0.29, 0.717) is 5.02 Å². The molecule has 0 atom stereocenters. The Morgan fingerprint density at radius 2 is 1.90 bits per heavy atom. The van der Waals surface area contributed by atoms with E-state index in [2.05, 4.69) is 0 Å². The van der Waals surface area contributed by atoms with Crippen molar-refractivity contribution in [3.8, 4) is 5.75 Å². The van der Waals surface area contributed by atoms with E-state index >= 15 is 0 Å². The third-order valence-electron chi connectivity index (χ3n) is 2.27. The molecule has 0 aromatic heterocycles. The van der Waals surface area contributed by atoms with Crippen LogP contribution in [0.1, 0.15) is 0 Å². The Morgan fingerprint density at radius 3 is 2.43 bits per heavy atom. The van der Waals surface area contributed by atoms with Crippen LogP contribution in [0, 0.1) is 0 Å². The molecular weight excluding hydrogens is 323 g/mol. The Morgan fingerprint density at radius 1 is 1.24 bits per heavy atom.